The first kappa shape index (κ1) is 15.9. The number of aromatic nitrogens is 3. The first-order valence-electron chi connectivity index (χ1n) is 7.94. The molecule has 1 N–H and O–H groups in total. The fraction of sp³-hybridized carbons (Fsp3) is 0.600. The van der Waals surface area contributed by atoms with E-state index in [1.807, 2.05) is 6.92 Å². The summed E-state index contributed by atoms with van der Waals surface area (Å²) in [5.41, 5.74) is -0.447. The van der Waals surface area contributed by atoms with Crippen LogP contribution in [0.25, 0.3) is 11.0 Å². The number of hydrogen-bond acceptors (Lipinski definition) is 5. The largest absolute Gasteiger partial charge is 0.338 e. The third-order valence-electron chi connectivity index (χ3n) is 4.33. The lowest BCUT2D eigenvalue weighted by atomic mass is 9.99. The molecule has 1 aliphatic heterocycles. The van der Waals surface area contributed by atoms with E-state index >= 15 is 0 Å². The number of nitrogens with one attached hydrogen (secondary N) is 1. The number of rotatable bonds is 3. The summed E-state index contributed by atoms with van der Waals surface area (Å²) in [5, 5.41) is 0. The highest BCUT2D eigenvalue weighted by atomic mass is 32.1. The van der Waals surface area contributed by atoms with Crippen molar-refractivity contribution in [3.63, 3.8) is 0 Å². The molecule has 7 nitrogen and oxygen atoms in total. The van der Waals surface area contributed by atoms with Crippen molar-refractivity contribution in [3.05, 3.63) is 25.7 Å². The molecule has 1 amide bonds. The first-order chi connectivity index (χ1) is 11.0. The van der Waals surface area contributed by atoms with Gasteiger partial charge >= 0.3 is 5.69 Å². The minimum absolute atomic E-state index is 0.146. The average Bonchev–Trinajstić information content (AvgIpc) is 2.95. The van der Waals surface area contributed by atoms with Gasteiger partial charge in [0.25, 0.3) is 11.5 Å². The van der Waals surface area contributed by atoms with Crippen LogP contribution in [0.1, 0.15) is 42.8 Å². The molecule has 0 bridgehead atoms. The molecule has 124 valence electrons. The number of carbonyl (C=O) groups excluding carboxylic acids is 1. The van der Waals surface area contributed by atoms with E-state index in [9.17, 15) is 14.4 Å². The second kappa shape index (κ2) is 6.27. The van der Waals surface area contributed by atoms with Crippen LogP contribution in [-0.4, -0.2) is 37.8 Å². The number of H-pyrrole nitrogens is 1. The Balaban J connectivity index is 2.01. The van der Waals surface area contributed by atoms with E-state index in [1.165, 1.54) is 0 Å². The number of piperidine rings is 1. The summed E-state index contributed by atoms with van der Waals surface area (Å²) in [5.74, 6) is 0.478. The fourth-order valence-corrected chi connectivity index (χ4v) is 3.67. The summed E-state index contributed by atoms with van der Waals surface area (Å²) >= 11 is 0.990. The van der Waals surface area contributed by atoms with Gasteiger partial charge in [0.15, 0.2) is 5.52 Å². The van der Waals surface area contributed by atoms with Crippen molar-refractivity contribution >= 4 is 28.5 Å². The van der Waals surface area contributed by atoms with E-state index in [0.29, 0.717) is 36.9 Å². The normalized spacial score (nSPS) is 16.2. The van der Waals surface area contributed by atoms with E-state index in [0.717, 1.165) is 28.9 Å². The summed E-state index contributed by atoms with van der Waals surface area (Å²) < 4.78 is 5.26. The summed E-state index contributed by atoms with van der Waals surface area (Å²) in [6.07, 6.45) is 2.63. The van der Waals surface area contributed by atoms with Crippen molar-refractivity contribution in [1.29, 1.82) is 0 Å². The van der Waals surface area contributed by atoms with Gasteiger partial charge in [-0.3, -0.25) is 14.2 Å². The monoisotopic (exact) mass is 336 g/mol. The summed E-state index contributed by atoms with van der Waals surface area (Å²) in [6, 6.07) is 0. The van der Waals surface area contributed by atoms with Gasteiger partial charge in [-0.25, -0.2) is 4.79 Å². The molecule has 8 heteroatoms. The van der Waals surface area contributed by atoms with Crippen molar-refractivity contribution < 1.29 is 4.79 Å². The molecule has 1 fully saturated rings. The predicted octanol–water partition coefficient (Wildman–Crippen LogP) is 1.43. The molecule has 0 spiro atoms. The SMILES string of the molecule is CCCn1c(=O)[nH]c2c(C(=O)N3CCC(C)CC3)snc2c1=O. The standard InChI is InChI=1S/C15H20N4O3S/c1-3-6-19-13(20)11-10(16-15(19)22)12(23-17-11)14(21)18-7-4-9(2)5-8-18/h9H,3-8H2,1-2H3,(H,16,22). The van der Waals surface area contributed by atoms with Gasteiger partial charge in [0.1, 0.15) is 4.88 Å². The zero-order valence-electron chi connectivity index (χ0n) is 13.3. The molecule has 1 aliphatic rings. The van der Waals surface area contributed by atoms with Crippen LogP contribution in [0.3, 0.4) is 0 Å². The summed E-state index contributed by atoms with van der Waals surface area (Å²) in [6.45, 7) is 5.82. The van der Waals surface area contributed by atoms with Gasteiger partial charge in [0.2, 0.25) is 0 Å². The maximum atomic E-state index is 12.7. The summed E-state index contributed by atoms with van der Waals surface area (Å²) in [4.78, 5) is 41.9. The molecule has 3 rings (SSSR count). The molecule has 1 saturated heterocycles. The molecular formula is C15H20N4O3S. The second-order valence-electron chi connectivity index (χ2n) is 6.10. The van der Waals surface area contributed by atoms with Crippen molar-refractivity contribution in [2.75, 3.05) is 13.1 Å². The van der Waals surface area contributed by atoms with E-state index in [-0.39, 0.29) is 16.9 Å². The van der Waals surface area contributed by atoms with Crippen molar-refractivity contribution in [2.45, 2.75) is 39.7 Å². The van der Waals surface area contributed by atoms with Gasteiger partial charge < -0.3 is 9.88 Å². The second-order valence-corrected chi connectivity index (χ2v) is 6.87. The molecule has 0 radical (unpaired) electrons. The minimum atomic E-state index is -0.481. The highest BCUT2D eigenvalue weighted by Gasteiger charge is 2.26. The lowest BCUT2D eigenvalue weighted by Gasteiger charge is -2.29. The summed E-state index contributed by atoms with van der Waals surface area (Å²) in [7, 11) is 0. The van der Waals surface area contributed by atoms with E-state index in [1.54, 1.807) is 4.90 Å². The topological polar surface area (TPSA) is 88.1 Å². The molecule has 0 atom stereocenters. The smallest absolute Gasteiger partial charge is 0.328 e. The fourth-order valence-electron chi connectivity index (χ4n) is 2.87. The van der Waals surface area contributed by atoms with Crippen LogP contribution in [-0.2, 0) is 6.54 Å². The Hall–Kier alpha value is -1.96. The van der Waals surface area contributed by atoms with Crippen LogP contribution in [0.15, 0.2) is 9.59 Å². The number of likely N-dealkylation sites (tertiary alicyclic amines) is 1. The highest BCUT2D eigenvalue weighted by molar-refractivity contribution is 7.09. The Kier molecular flexibility index (Phi) is 4.34. The molecule has 0 aromatic carbocycles. The van der Waals surface area contributed by atoms with Gasteiger partial charge in [-0.2, -0.15) is 4.37 Å². The molecule has 2 aromatic heterocycles. The third kappa shape index (κ3) is 2.83. The Labute approximate surface area is 137 Å². The zero-order chi connectivity index (χ0) is 16.6. The number of hydrogen-bond donors (Lipinski definition) is 1. The molecule has 0 saturated carbocycles. The van der Waals surface area contributed by atoms with Crippen LogP contribution in [0.4, 0.5) is 0 Å². The number of fused-ring (bicyclic) bond motifs is 1. The molecular weight excluding hydrogens is 316 g/mol. The van der Waals surface area contributed by atoms with E-state index in [4.69, 9.17) is 0 Å². The zero-order valence-corrected chi connectivity index (χ0v) is 14.1. The Morgan fingerprint density at radius 3 is 2.70 bits per heavy atom. The Bertz CT molecular complexity index is 843. The van der Waals surface area contributed by atoms with Crippen molar-refractivity contribution in [2.24, 2.45) is 5.92 Å². The van der Waals surface area contributed by atoms with Crippen LogP contribution in [0.2, 0.25) is 0 Å². The molecule has 2 aromatic rings. The van der Waals surface area contributed by atoms with Crippen molar-refractivity contribution in [1.82, 2.24) is 18.8 Å². The van der Waals surface area contributed by atoms with Gasteiger partial charge in [0.05, 0.1) is 5.52 Å². The van der Waals surface area contributed by atoms with Crippen LogP contribution >= 0.6 is 11.5 Å². The minimum Gasteiger partial charge on any atom is -0.338 e. The van der Waals surface area contributed by atoms with Gasteiger partial charge in [-0.15, -0.1) is 0 Å². The number of nitrogens with zero attached hydrogens (tertiary/aromatic N) is 3. The lowest BCUT2D eigenvalue weighted by molar-refractivity contribution is 0.0703. The quantitative estimate of drug-likeness (QED) is 0.918. The number of amides is 1. The maximum Gasteiger partial charge on any atom is 0.328 e. The third-order valence-corrected chi connectivity index (χ3v) is 5.16. The predicted molar refractivity (Wildman–Crippen MR) is 89.1 cm³/mol. The Morgan fingerprint density at radius 2 is 2.04 bits per heavy atom. The number of aromatic amines is 1. The van der Waals surface area contributed by atoms with Crippen LogP contribution in [0.5, 0.6) is 0 Å². The van der Waals surface area contributed by atoms with E-state index in [2.05, 4.69) is 16.3 Å². The Morgan fingerprint density at radius 1 is 1.35 bits per heavy atom. The molecule has 0 unspecified atom stereocenters. The van der Waals surface area contributed by atoms with Gasteiger partial charge in [-0.05, 0) is 36.7 Å². The van der Waals surface area contributed by atoms with Gasteiger partial charge in [-0.1, -0.05) is 13.8 Å². The first-order valence-corrected chi connectivity index (χ1v) is 8.72. The lowest BCUT2D eigenvalue weighted by Crippen LogP contribution is -2.38. The van der Waals surface area contributed by atoms with Crippen molar-refractivity contribution in [3.8, 4) is 0 Å². The molecule has 23 heavy (non-hydrogen) atoms. The average molecular weight is 336 g/mol. The number of carbonyl (C=O) groups is 1. The van der Waals surface area contributed by atoms with Crippen LogP contribution in [0, 0.1) is 5.92 Å². The van der Waals surface area contributed by atoms with Gasteiger partial charge in [0, 0.05) is 19.6 Å². The highest BCUT2D eigenvalue weighted by Crippen LogP contribution is 2.23. The van der Waals surface area contributed by atoms with E-state index < -0.39 is 11.2 Å². The molecule has 3 heterocycles. The molecule has 0 aliphatic carbocycles. The maximum absolute atomic E-state index is 12.7. The van der Waals surface area contributed by atoms with Crippen LogP contribution < -0.4 is 11.2 Å².